The Hall–Kier alpha value is -2.83. The summed E-state index contributed by atoms with van der Waals surface area (Å²) in [6, 6.07) is 8.60. The van der Waals surface area contributed by atoms with Gasteiger partial charge in [-0.3, -0.25) is 14.4 Å². The minimum atomic E-state index is -1.47. The van der Waals surface area contributed by atoms with Gasteiger partial charge in [0.05, 0.1) is 22.0 Å². The number of hydrogen-bond acceptors (Lipinski definition) is 6. The van der Waals surface area contributed by atoms with Crippen molar-refractivity contribution in [3.63, 3.8) is 0 Å². The second-order valence-electron chi connectivity index (χ2n) is 13.5. The molecule has 4 atom stereocenters. The Balaban J connectivity index is 2.08. The summed E-state index contributed by atoms with van der Waals surface area (Å²) in [6.45, 7) is 14.4. The zero-order valence-corrected chi connectivity index (χ0v) is 24.4. The average molecular weight is 535 g/mol. The van der Waals surface area contributed by atoms with Crippen molar-refractivity contribution in [2.45, 2.75) is 92.0 Å². The molecule has 2 bridgehead atoms. The average Bonchev–Trinajstić information content (AvgIpc) is 3.24. The molecule has 4 unspecified atom stereocenters. The van der Waals surface area contributed by atoms with Gasteiger partial charge in [-0.1, -0.05) is 68.0 Å². The zero-order valence-electron chi connectivity index (χ0n) is 24.4. The summed E-state index contributed by atoms with van der Waals surface area (Å²) < 4.78 is 6.38. The summed E-state index contributed by atoms with van der Waals surface area (Å²) in [4.78, 5) is 43.5. The number of benzene rings is 1. The molecule has 210 valence electrons. The van der Waals surface area contributed by atoms with Crippen LogP contribution in [-0.2, 0) is 14.3 Å². The van der Waals surface area contributed by atoms with Gasteiger partial charge in [-0.15, -0.1) is 0 Å². The number of ether oxygens (including phenoxy) is 1. The van der Waals surface area contributed by atoms with E-state index in [1.165, 1.54) is 0 Å². The smallest absolute Gasteiger partial charge is 0.200 e. The van der Waals surface area contributed by atoms with E-state index < -0.39 is 45.1 Å². The van der Waals surface area contributed by atoms with E-state index in [1.807, 2.05) is 39.8 Å². The highest BCUT2D eigenvalue weighted by molar-refractivity contribution is 6.35. The first-order valence-corrected chi connectivity index (χ1v) is 13.8. The van der Waals surface area contributed by atoms with Crippen molar-refractivity contribution in [2.75, 3.05) is 0 Å². The van der Waals surface area contributed by atoms with E-state index in [4.69, 9.17) is 4.74 Å². The second-order valence-corrected chi connectivity index (χ2v) is 13.5. The van der Waals surface area contributed by atoms with Gasteiger partial charge in [0.15, 0.2) is 17.3 Å². The Bertz CT molecular complexity index is 1280. The van der Waals surface area contributed by atoms with Crippen LogP contribution in [0.15, 0.2) is 65.5 Å². The summed E-state index contributed by atoms with van der Waals surface area (Å²) in [5.74, 6) is -1.41. The van der Waals surface area contributed by atoms with Gasteiger partial charge < -0.3 is 14.9 Å². The van der Waals surface area contributed by atoms with Crippen LogP contribution >= 0.6 is 0 Å². The Kier molecular flexibility index (Phi) is 7.01. The van der Waals surface area contributed by atoms with Crippen LogP contribution in [0.2, 0.25) is 0 Å². The lowest BCUT2D eigenvalue weighted by Crippen LogP contribution is -2.65. The van der Waals surface area contributed by atoms with Gasteiger partial charge in [0.2, 0.25) is 0 Å². The molecule has 1 aliphatic heterocycles. The monoisotopic (exact) mass is 534 g/mol. The number of Topliss-reactive ketones (excluding diaryl/α,β-unsaturated/α-hetero) is 3. The third kappa shape index (κ3) is 4.55. The number of allylic oxidation sites excluding steroid dienone is 5. The molecule has 0 radical (unpaired) electrons. The predicted molar refractivity (Wildman–Crippen MR) is 150 cm³/mol. The van der Waals surface area contributed by atoms with E-state index in [0.717, 1.165) is 5.57 Å². The molecule has 1 saturated heterocycles. The molecular weight excluding hydrogens is 492 g/mol. The van der Waals surface area contributed by atoms with Crippen molar-refractivity contribution >= 4 is 17.3 Å². The molecule has 3 aliphatic rings. The number of carbonyl (C=O) groups is 3. The maximum absolute atomic E-state index is 14.9. The van der Waals surface area contributed by atoms with Crippen LogP contribution in [-0.4, -0.2) is 44.9 Å². The quantitative estimate of drug-likeness (QED) is 0.206. The molecule has 0 aromatic heterocycles. The zero-order chi connectivity index (χ0) is 29.2. The van der Waals surface area contributed by atoms with Crippen molar-refractivity contribution in [1.29, 1.82) is 0 Å². The lowest BCUT2D eigenvalue weighted by atomic mass is 9.40. The fraction of sp³-hybridized carbons (Fsp3) is 0.545. The fourth-order valence-electron chi connectivity index (χ4n) is 6.60. The molecule has 2 fully saturated rings. The van der Waals surface area contributed by atoms with Crippen molar-refractivity contribution in [1.82, 2.24) is 0 Å². The van der Waals surface area contributed by atoms with Crippen LogP contribution < -0.4 is 0 Å². The number of carbonyl (C=O) groups excluding carboxylic acids is 3. The van der Waals surface area contributed by atoms with E-state index in [-0.39, 0.29) is 42.3 Å². The van der Waals surface area contributed by atoms with Crippen LogP contribution in [0, 0.1) is 22.2 Å². The first kappa shape index (κ1) is 29.2. The first-order valence-electron chi connectivity index (χ1n) is 13.8. The largest absolute Gasteiger partial charge is 0.490 e. The lowest BCUT2D eigenvalue weighted by Gasteiger charge is -2.58. The molecule has 2 aliphatic carbocycles. The van der Waals surface area contributed by atoms with Gasteiger partial charge in [0.25, 0.3) is 0 Å². The highest BCUT2D eigenvalue weighted by Gasteiger charge is 2.75. The number of rotatable bonds is 7. The van der Waals surface area contributed by atoms with Crippen LogP contribution in [0.3, 0.4) is 0 Å². The Morgan fingerprint density at radius 3 is 2.21 bits per heavy atom. The highest BCUT2D eigenvalue weighted by atomic mass is 16.5. The normalized spacial score (nSPS) is 30.3. The van der Waals surface area contributed by atoms with Gasteiger partial charge in [-0.2, -0.15) is 0 Å². The number of ketones is 3. The summed E-state index contributed by atoms with van der Waals surface area (Å²) in [5.41, 5.74) is -4.74. The molecule has 1 spiro atoms. The van der Waals surface area contributed by atoms with Gasteiger partial charge in [-0.25, -0.2) is 0 Å². The molecular formula is C33H42O6. The Labute approximate surface area is 231 Å². The summed E-state index contributed by atoms with van der Waals surface area (Å²) in [5, 5.41) is 21.6. The van der Waals surface area contributed by atoms with E-state index >= 15 is 0 Å². The molecule has 2 N–H and O–H groups in total. The third-order valence-electron chi connectivity index (χ3n) is 9.09. The van der Waals surface area contributed by atoms with Crippen LogP contribution in [0.5, 0.6) is 0 Å². The number of aliphatic hydroxyl groups is 2. The number of fused-ring (bicyclic) bond motifs is 1. The van der Waals surface area contributed by atoms with Gasteiger partial charge >= 0.3 is 0 Å². The van der Waals surface area contributed by atoms with E-state index in [0.29, 0.717) is 5.56 Å². The Morgan fingerprint density at radius 2 is 1.67 bits per heavy atom. The first-order chi connectivity index (χ1) is 17.9. The van der Waals surface area contributed by atoms with Gasteiger partial charge in [0, 0.05) is 12.0 Å². The SMILES string of the molecule is CC(C)=CCC12CC(/C=C/C(C)(C)O)C(C)(C)C3(CC(C(C)(C)O)OC3=C(C(=O)c3ccccc3)C1=O)C2=O. The summed E-state index contributed by atoms with van der Waals surface area (Å²) in [7, 11) is 0. The molecule has 1 saturated carbocycles. The molecule has 1 aromatic carbocycles. The second kappa shape index (κ2) is 9.38. The molecule has 0 amide bonds. The van der Waals surface area contributed by atoms with E-state index in [1.54, 1.807) is 64.1 Å². The van der Waals surface area contributed by atoms with Crippen molar-refractivity contribution in [2.24, 2.45) is 22.2 Å². The topological polar surface area (TPSA) is 101 Å². The maximum atomic E-state index is 14.9. The van der Waals surface area contributed by atoms with Crippen LogP contribution in [0.1, 0.15) is 85.0 Å². The summed E-state index contributed by atoms with van der Waals surface area (Å²) in [6.07, 6.45) is 5.27. The predicted octanol–water partition coefficient (Wildman–Crippen LogP) is 5.54. The van der Waals surface area contributed by atoms with E-state index in [9.17, 15) is 24.6 Å². The van der Waals surface area contributed by atoms with Gasteiger partial charge in [-0.05, 0) is 65.7 Å². The molecule has 6 nitrogen and oxygen atoms in total. The summed E-state index contributed by atoms with van der Waals surface area (Å²) >= 11 is 0. The minimum absolute atomic E-state index is 0.0762. The Morgan fingerprint density at radius 1 is 1.05 bits per heavy atom. The van der Waals surface area contributed by atoms with Crippen molar-refractivity contribution < 1.29 is 29.3 Å². The van der Waals surface area contributed by atoms with Crippen molar-refractivity contribution in [3.8, 4) is 0 Å². The molecule has 4 rings (SSSR count). The molecule has 6 heteroatoms. The van der Waals surface area contributed by atoms with E-state index in [2.05, 4.69) is 0 Å². The molecule has 39 heavy (non-hydrogen) atoms. The third-order valence-corrected chi connectivity index (χ3v) is 9.09. The lowest BCUT2D eigenvalue weighted by molar-refractivity contribution is -0.163. The van der Waals surface area contributed by atoms with Crippen molar-refractivity contribution in [3.05, 3.63) is 71.0 Å². The fourth-order valence-corrected chi connectivity index (χ4v) is 6.60. The number of hydrogen-bond donors (Lipinski definition) is 2. The minimum Gasteiger partial charge on any atom is -0.490 e. The highest BCUT2D eigenvalue weighted by Crippen LogP contribution is 2.70. The standard InChI is InChI=1S/C33H42O6/c1-20(2)14-17-32-18-22(15-16-29(3,4)37)30(5,6)33(28(32)36)19-23(31(7,8)38)39-27(33)24(26(32)35)25(34)21-12-10-9-11-13-21/h9-16,22-23,37-38H,17-19H2,1-8H3/b16-15+. The van der Waals surface area contributed by atoms with Crippen LogP contribution in [0.4, 0.5) is 0 Å². The molecule has 1 aromatic rings. The van der Waals surface area contributed by atoms with Crippen LogP contribution in [0.25, 0.3) is 0 Å². The maximum Gasteiger partial charge on any atom is 0.200 e. The molecule has 1 heterocycles. The van der Waals surface area contributed by atoms with Gasteiger partial charge in [0.1, 0.15) is 17.4 Å².